The van der Waals surface area contributed by atoms with E-state index in [0.717, 1.165) is 37.1 Å². The molecule has 132 valence electrons. The monoisotopic (exact) mass is 359 g/mol. The average Bonchev–Trinajstić information content (AvgIpc) is 2.62. The average molecular weight is 360 g/mol. The van der Waals surface area contributed by atoms with Crippen LogP contribution in [-0.4, -0.2) is 41.7 Å². The van der Waals surface area contributed by atoms with Gasteiger partial charge in [0.2, 0.25) is 0 Å². The van der Waals surface area contributed by atoms with Crippen LogP contribution in [0, 0.1) is 0 Å². The van der Waals surface area contributed by atoms with Crippen molar-refractivity contribution in [1.29, 1.82) is 0 Å². The van der Waals surface area contributed by atoms with E-state index in [1.807, 2.05) is 47.4 Å². The summed E-state index contributed by atoms with van der Waals surface area (Å²) in [5.41, 5.74) is 2.18. The zero-order valence-corrected chi connectivity index (χ0v) is 14.7. The fourth-order valence-electron chi connectivity index (χ4n) is 3.20. The smallest absolute Gasteiger partial charge is 0.317 e. The van der Waals surface area contributed by atoms with Gasteiger partial charge in [-0.15, -0.1) is 0 Å². The lowest BCUT2D eigenvalue weighted by Crippen LogP contribution is -2.40. The summed E-state index contributed by atoms with van der Waals surface area (Å²) in [5.74, 6) is -0.775. The molecule has 2 aromatic carbocycles. The Morgan fingerprint density at radius 3 is 2.28 bits per heavy atom. The van der Waals surface area contributed by atoms with E-state index in [9.17, 15) is 4.79 Å². The van der Waals surface area contributed by atoms with Crippen molar-refractivity contribution in [3.05, 3.63) is 70.7 Å². The molecule has 0 amide bonds. The molecule has 1 N–H and O–H groups in total. The van der Waals surface area contributed by atoms with Gasteiger partial charge in [-0.2, -0.15) is 0 Å². The lowest BCUT2D eigenvalue weighted by atomic mass is 10.00. The predicted molar refractivity (Wildman–Crippen MR) is 97.9 cm³/mol. The summed E-state index contributed by atoms with van der Waals surface area (Å²) in [4.78, 5) is 12.8. The molecule has 4 nitrogen and oxygen atoms in total. The van der Waals surface area contributed by atoms with Crippen LogP contribution in [0.15, 0.2) is 54.6 Å². The van der Waals surface area contributed by atoms with E-state index in [-0.39, 0.29) is 18.8 Å². The van der Waals surface area contributed by atoms with Gasteiger partial charge in [0.05, 0.1) is 12.6 Å². The van der Waals surface area contributed by atoms with Crippen LogP contribution >= 0.6 is 11.6 Å². The summed E-state index contributed by atoms with van der Waals surface area (Å²) >= 11 is 6.02. The molecule has 1 atom stereocenters. The van der Waals surface area contributed by atoms with Crippen LogP contribution in [0.5, 0.6) is 0 Å². The molecular formula is C20H22ClNO3. The Balaban J connectivity index is 1.71. The number of piperidine rings is 1. The largest absolute Gasteiger partial charge is 0.480 e. The Morgan fingerprint density at radius 1 is 1.08 bits per heavy atom. The first kappa shape index (κ1) is 17.9. The number of hydrogen-bond donors (Lipinski definition) is 1. The third kappa shape index (κ3) is 5.05. The van der Waals surface area contributed by atoms with Gasteiger partial charge in [0.1, 0.15) is 6.10 Å². The van der Waals surface area contributed by atoms with E-state index >= 15 is 0 Å². The molecule has 1 heterocycles. The fourth-order valence-corrected chi connectivity index (χ4v) is 3.33. The first-order chi connectivity index (χ1) is 12.1. The summed E-state index contributed by atoms with van der Waals surface area (Å²) in [5, 5.41) is 9.62. The normalized spacial score (nSPS) is 17.3. The number of ether oxygens (including phenoxy) is 1. The van der Waals surface area contributed by atoms with Crippen molar-refractivity contribution >= 4 is 17.6 Å². The molecule has 0 spiro atoms. The topological polar surface area (TPSA) is 49.8 Å². The molecule has 3 rings (SSSR count). The van der Waals surface area contributed by atoms with Gasteiger partial charge in [0, 0.05) is 18.1 Å². The molecule has 1 unspecified atom stereocenters. The SMILES string of the molecule is O=C(O)CN1CCC(OC(c2ccccc2)c2ccc(Cl)cc2)CC1. The van der Waals surface area contributed by atoms with E-state index in [2.05, 4.69) is 12.1 Å². The quantitative estimate of drug-likeness (QED) is 0.847. The zero-order chi connectivity index (χ0) is 17.6. The van der Waals surface area contributed by atoms with Crippen molar-refractivity contribution in [3.63, 3.8) is 0 Å². The van der Waals surface area contributed by atoms with Crippen LogP contribution in [0.1, 0.15) is 30.1 Å². The minimum atomic E-state index is -0.775. The van der Waals surface area contributed by atoms with Crippen LogP contribution in [0.2, 0.25) is 5.02 Å². The van der Waals surface area contributed by atoms with Crippen molar-refractivity contribution in [2.24, 2.45) is 0 Å². The Kier molecular flexibility index (Phi) is 6.08. The highest BCUT2D eigenvalue weighted by atomic mass is 35.5. The van der Waals surface area contributed by atoms with Crippen LogP contribution < -0.4 is 0 Å². The molecule has 0 aromatic heterocycles. The van der Waals surface area contributed by atoms with Crippen LogP contribution in [0.3, 0.4) is 0 Å². The van der Waals surface area contributed by atoms with Gasteiger partial charge in [-0.05, 0) is 36.1 Å². The first-order valence-corrected chi connectivity index (χ1v) is 8.89. The number of benzene rings is 2. The number of carboxylic acids is 1. The van der Waals surface area contributed by atoms with Gasteiger partial charge >= 0.3 is 5.97 Å². The molecule has 1 saturated heterocycles. The van der Waals surface area contributed by atoms with Gasteiger partial charge in [0.15, 0.2) is 0 Å². The van der Waals surface area contributed by atoms with E-state index in [1.165, 1.54) is 0 Å². The number of hydrogen-bond acceptors (Lipinski definition) is 3. The summed E-state index contributed by atoms with van der Waals surface area (Å²) in [7, 11) is 0. The standard InChI is InChI=1S/C20H22ClNO3/c21-17-8-6-16(7-9-17)20(15-4-2-1-3-5-15)25-18-10-12-22(13-11-18)14-19(23)24/h1-9,18,20H,10-14H2,(H,23,24). The summed E-state index contributed by atoms with van der Waals surface area (Å²) in [6, 6.07) is 17.9. The van der Waals surface area contributed by atoms with E-state index in [4.69, 9.17) is 21.4 Å². The second kappa shape index (κ2) is 8.48. The lowest BCUT2D eigenvalue weighted by molar-refractivity contribution is -0.139. The molecule has 1 aliphatic heterocycles. The van der Waals surface area contributed by atoms with Crippen molar-refractivity contribution in [1.82, 2.24) is 4.90 Å². The van der Waals surface area contributed by atoms with Gasteiger partial charge < -0.3 is 9.84 Å². The summed E-state index contributed by atoms with van der Waals surface area (Å²) < 4.78 is 6.44. The number of nitrogens with zero attached hydrogens (tertiary/aromatic N) is 1. The first-order valence-electron chi connectivity index (χ1n) is 8.52. The van der Waals surface area contributed by atoms with Crippen LogP contribution in [-0.2, 0) is 9.53 Å². The molecule has 0 saturated carbocycles. The number of carboxylic acid groups (broad SMARTS) is 1. The highest BCUT2D eigenvalue weighted by molar-refractivity contribution is 6.30. The summed E-state index contributed by atoms with van der Waals surface area (Å²) in [6.07, 6.45) is 1.65. The van der Waals surface area contributed by atoms with Gasteiger partial charge in [-0.25, -0.2) is 0 Å². The second-order valence-corrected chi connectivity index (χ2v) is 6.78. The van der Waals surface area contributed by atoms with E-state index in [1.54, 1.807) is 0 Å². The van der Waals surface area contributed by atoms with Gasteiger partial charge in [0.25, 0.3) is 0 Å². The Labute approximate surface area is 153 Å². The van der Waals surface area contributed by atoms with Crippen molar-refractivity contribution in [3.8, 4) is 0 Å². The van der Waals surface area contributed by atoms with Crippen molar-refractivity contribution < 1.29 is 14.6 Å². The molecule has 0 radical (unpaired) electrons. The predicted octanol–water partition coefficient (Wildman–Crippen LogP) is 4.00. The molecule has 0 bridgehead atoms. The number of rotatable bonds is 6. The summed E-state index contributed by atoms with van der Waals surface area (Å²) in [6.45, 7) is 1.60. The molecule has 5 heteroatoms. The Bertz CT molecular complexity index is 682. The number of carbonyl (C=O) groups is 1. The Morgan fingerprint density at radius 2 is 1.68 bits per heavy atom. The Hall–Kier alpha value is -1.88. The zero-order valence-electron chi connectivity index (χ0n) is 14.0. The van der Waals surface area contributed by atoms with Crippen LogP contribution in [0.4, 0.5) is 0 Å². The fraction of sp³-hybridized carbons (Fsp3) is 0.350. The molecule has 0 aliphatic carbocycles. The van der Waals surface area contributed by atoms with E-state index in [0.29, 0.717) is 5.02 Å². The van der Waals surface area contributed by atoms with E-state index < -0.39 is 5.97 Å². The molecule has 25 heavy (non-hydrogen) atoms. The maximum absolute atomic E-state index is 10.8. The lowest BCUT2D eigenvalue weighted by Gasteiger charge is -2.33. The molecule has 1 aliphatic rings. The highest BCUT2D eigenvalue weighted by Gasteiger charge is 2.25. The second-order valence-electron chi connectivity index (χ2n) is 6.35. The number of halogens is 1. The number of aliphatic carboxylic acids is 1. The third-order valence-corrected chi connectivity index (χ3v) is 4.75. The number of likely N-dealkylation sites (tertiary alicyclic amines) is 1. The van der Waals surface area contributed by atoms with Crippen LogP contribution in [0.25, 0.3) is 0 Å². The third-order valence-electron chi connectivity index (χ3n) is 4.50. The van der Waals surface area contributed by atoms with Gasteiger partial charge in [-0.1, -0.05) is 54.1 Å². The minimum absolute atomic E-state index is 0.103. The molecular weight excluding hydrogens is 338 g/mol. The molecule has 2 aromatic rings. The maximum atomic E-state index is 10.8. The molecule has 1 fully saturated rings. The minimum Gasteiger partial charge on any atom is -0.480 e. The van der Waals surface area contributed by atoms with Crippen molar-refractivity contribution in [2.45, 2.75) is 25.0 Å². The van der Waals surface area contributed by atoms with Gasteiger partial charge in [-0.3, -0.25) is 9.69 Å². The maximum Gasteiger partial charge on any atom is 0.317 e. The van der Waals surface area contributed by atoms with Crippen molar-refractivity contribution in [2.75, 3.05) is 19.6 Å². The highest BCUT2D eigenvalue weighted by Crippen LogP contribution is 2.30.